The summed E-state index contributed by atoms with van der Waals surface area (Å²) < 4.78 is 66.5. The Morgan fingerprint density at radius 2 is 1.96 bits per heavy atom. The van der Waals surface area contributed by atoms with E-state index in [-0.39, 0.29) is 31.0 Å². The van der Waals surface area contributed by atoms with E-state index in [9.17, 15) is 26.4 Å². The van der Waals surface area contributed by atoms with Gasteiger partial charge < -0.3 is 6.16 Å². The fourth-order valence-corrected chi connectivity index (χ4v) is 2.48. The van der Waals surface area contributed by atoms with Crippen molar-refractivity contribution in [3.8, 4) is 5.75 Å². The van der Waals surface area contributed by atoms with Crippen molar-refractivity contribution in [2.45, 2.75) is 11.3 Å². The van der Waals surface area contributed by atoms with Crippen LogP contribution in [0, 0.1) is 0 Å². The molecule has 13 heteroatoms. The van der Waals surface area contributed by atoms with Crippen LogP contribution in [0.3, 0.4) is 0 Å². The molecule has 1 aromatic heterocycles. The molecule has 0 spiro atoms. The van der Waals surface area contributed by atoms with Gasteiger partial charge in [-0.2, -0.15) is 9.78 Å². The Bertz CT molecular complexity index is 786. The molecule has 1 aromatic carbocycles. The van der Waals surface area contributed by atoms with Crippen LogP contribution in [0.1, 0.15) is 1.43 Å². The molecule has 0 bridgehead atoms. The van der Waals surface area contributed by atoms with Crippen LogP contribution >= 0.6 is 0 Å². The maximum Gasteiger partial charge on any atom is 1.00 e. The van der Waals surface area contributed by atoms with E-state index in [0.717, 1.165) is 30.9 Å². The van der Waals surface area contributed by atoms with Crippen LogP contribution in [0.5, 0.6) is 5.75 Å². The first kappa shape index (κ1) is 19.4. The van der Waals surface area contributed by atoms with Crippen molar-refractivity contribution in [1.29, 1.82) is 0 Å². The number of rotatable bonds is 3. The average Bonchev–Trinajstić information content (AvgIpc) is 2.90. The van der Waals surface area contributed by atoms with Gasteiger partial charge in [-0.25, -0.2) is 22.9 Å². The zero-order valence-corrected chi connectivity index (χ0v) is 14.3. The molecule has 1 N–H and O–H groups in total. The van der Waals surface area contributed by atoms with E-state index in [0.29, 0.717) is 4.68 Å². The monoisotopic (exact) mass is 360 g/mol. The Kier molecular flexibility index (Phi) is 6.16. The summed E-state index contributed by atoms with van der Waals surface area (Å²) in [5.41, 5.74) is 0. The minimum atomic E-state index is -5.08. The zero-order chi connectivity index (χ0) is 16.4. The number of carbonyl (C=O) groups excluding carboxylic acids is 1. The van der Waals surface area contributed by atoms with E-state index in [1.807, 2.05) is 0 Å². The molecular formula is C10H8F3N4NaO4S. The summed E-state index contributed by atoms with van der Waals surface area (Å²) in [6.07, 6.45) is -3.18. The van der Waals surface area contributed by atoms with E-state index in [2.05, 4.69) is 14.8 Å². The van der Waals surface area contributed by atoms with Gasteiger partial charge in [0.15, 0.2) is 0 Å². The van der Waals surface area contributed by atoms with E-state index < -0.39 is 33.1 Å². The van der Waals surface area contributed by atoms with Crippen LogP contribution in [-0.2, 0) is 10.0 Å². The SMILES string of the molecule is O=C(NS(=O)(=O)c1ccccc1OC(F)(F)F)n1cncn1.[H-].[Na+]. The van der Waals surface area contributed by atoms with Crippen molar-refractivity contribution in [2.75, 3.05) is 0 Å². The molecule has 0 saturated carbocycles. The van der Waals surface area contributed by atoms with Crippen LogP contribution < -0.4 is 39.0 Å². The third-order valence-corrected chi connectivity index (χ3v) is 3.57. The smallest absolute Gasteiger partial charge is 1.00 e. The number of aromatic nitrogens is 3. The number of alkyl halides is 3. The van der Waals surface area contributed by atoms with E-state index in [1.54, 1.807) is 4.72 Å². The molecule has 0 aliphatic rings. The van der Waals surface area contributed by atoms with Gasteiger partial charge in [-0.3, -0.25) is 0 Å². The zero-order valence-electron chi connectivity index (χ0n) is 12.5. The number of nitrogens with one attached hydrogen (secondary N) is 1. The summed E-state index contributed by atoms with van der Waals surface area (Å²) in [7, 11) is -4.60. The fourth-order valence-electron chi connectivity index (χ4n) is 1.41. The normalized spacial score (nSPS) is 11.4. The van der Waals surface area contributed by atoms with Gasteiger partial charge in [0.25, 0.3) is 10.0 Å². The Balaban J connectivity index is 0.00000264. The predicted molar refractivity (Wildman–Crippen MR) is 65.4 cm³/mol. The summed E-state index contributed by atoms with van der Waals surface area (Å²) in [4.78, 5) is 14.2. The molecule has 2 aromatic rings. The standard InChI is InChI=1S/C10H7F3N4O4S.Na.H/c11-10(12,13)21-7-3-1-2-4-8(7)22(19,20)16-9(18)17-6-14-5-15-17;;/h1-6H,(H,16,18);;/q;+1;-1. The fraction of sp³-hybridized carbons (Fsp3) is 0.100. The second-order valence-corrected chi connectivity index (χ2v) is 5.40. The molecule has 0 fully saturated rings. The van der Waals surface area contributed by atoms with Gasteiger partial charge in [-0.1, -0.05) is 12.1 Å². The van der Waals surface area contributed by atoms with Gasteiger partial charge >= 0.3 is 42.0 Å². The third-order valence-electron chi connectivity index (χ3n) is 2.21. The van der Waals surface area contributed by atoms with Crippen molar-refractivity contribution in [1.82, 2.24) is 19.5 Å². The van der Waals surface area contributed by atoms with Crippen LogP contribution in [0.15, 0.2) is 41.8 Å². The number of hydrogen-bond donors (Lipinski definition) is 1. The predicted octanol–water partition coefficient (Wildman–Crippen LogP) is -1.76. The number of sulfonamides is 1. The van der Waals surface area contributed by atoms with E-state index in [4.69, 9.17) is 0 Å². The molecule has 1 heterocycles. The molecule has 1 amide bonds. The Morgan fingerprint density at radius 3 is 2.52 bits per heavy atom. The maximum atomic E-state index is 12.3. The summed E-state index contributed by atoms with van der Waals surface area (Å²) in [6, 6.07) is 2.79. The summed E-state index contributed by atoms with van der Waals surface area (Å²) in [6.45, 7) is 0. The van der Waals surface area contributed by atoms with Crippen molar-refractivity contribution in [3.05, 3.63) is 36.9 Å². The van der Waals surface area contributed by atoms with Gasteiger partial charge in [0.1, 0.15) is 23.3 Å². The van der Waals surface area contributed by atoms with Crippen LogP contribution in [0.25, 0.3) is 0 Å². The van der Waals surface area contributed by atoms with Gasteiger partial charge in [0, 0.05) is 0 Å². The molecule has 2 rings (SSSR count). The number of carbonyl (C=O) groups is 1. The maximum absolute atomic E-state index is 12.3. The Morgan fingerprint density at radius 1 is 1.30 bits per heavy atom. The second kappa shape index (κ2) is 7.29. The summed E-state index contributed by atoms with van der Waals surface area (Å²) in [5.74, 6) is -0.964. The number of amides is 1. The first-order valence-corrected chi connectivity index (χ1v) is 6.94. The molecule has 0 aliphatic heterocycles. The quantitative estimate of drug-likeness (QED) is 0.651. The Labute approximate surface area is 151 Å². The minimum Gasteiger partial charge on any atom is -1.00 e. The summed E-state index contributed by atoms with van der Waals surface area (Å²) in [5, 5.41) is 3.39. The summed E-state index contributed by atoms with van der Waals surface area (Å²) >= 11 is 0. The van der Waals surface area contributed by atoms with Gasteiger partial charge in [0.05, 0.1) is 0 Å². The number of hydrogen-bond acceptors (Lipinski definition) is 6. The first-order chi connectivity index (χ1) is 10.2. The third kappa shape index (κ3) is 5.20. The molecule has 0 unspecified atom stereocenters. The van der Waals surface area contributed by atoms with Crippen LogP contribution in [-0.4, -0.2) is 35.6 Å². The van der Waals surface area contributed by atoms with Crippen LogP contribution in [0.2, 0.25) is 0 Å². The number of ether oxygens (including phenoxy) is 1. The molecule has 23 heavy (non-hydrogen) atoms. The first-order valence-electron chi connectivity index (χ1n) is 5.45. The van der Waals surface area contributed by atoms with Crippen molar-refractivity contribution in [3.63, 3.8) is 0 Å². The van der Waals surface area contributed by atoms with Crippen molar-refractivity contribution in [2.24, 2.45) is 0 Å². The molecule has 0 saturated heterocycles. The molecular weight excluding hydrogens is 352 g/mol. The Hall–Kier alpha value is -1.63. The number of benzene rings is 1. The minimum absolute atomic E-state index is 0. The number of para-hydroxylation sites is 1. The van der Waals surface area contributed by atoms with Gasteiger partial charge in [-0.05, 0) is 12.1 Å². The van der Waals surface area contributed by atoms with Gasteiger partial charge in [0.2, 0.25) is 0 Å². The average molecular weight is 360 g/mol. The molecule has 0 atom stereocenters. The number of nitrogens with zero attached hydrogens (tertiary/aromatic N) is 3. The second-order valence-electron chi connectivity index (χ2n) is 3.75. The van der Waals surface area contributed by atoms with E-state index >= 15 is 0 Å². The molecule has 8 nitrogen and oxygen atoms in total. The topological polar surface area (TPSA) is 103 Å². The van der Waals surface area contributed by atoms with Crippen LogP contribution in [0.4, 0.5) is 18.0 Å². The van der Waals surface area contributed by atoms with Crippen molar-refractivity contribution < 1.29 is 62.1 Å². The number of halogens is 3. The largest absolute Gasteiger partial charge is 1.00 e. The molecule has 120 valence electrons. The molecule has 0 aliphatic carbocycles. The van der Waals surface area contributed by atoms with E-state index in [1.165, 1.54) is 6.07 Å². The van der Waals surface area contributed by atoms with Crippen molar-refractivity contribution >= 4 is 16.1 Å². The van der Waals surface area contributed by atoms with Gasteiger partial charge in [-0.15, -0.1) is 13.2 Å². The molecule has 0 radical (unpaired) electrons.